The number of furan rings is 1. The Morgan fingerprint density at radius 2 is 2.15 bits per heavy atom. The molecule has 0 aromatic carbocycles. The number of nitrogens with two attached hydrogens (primary N) is 1. The van der Waals surface area contributed by atoms with Gasteiger partial charge in [0.1, 0.15) is 11.5 Å². The molecular weight excluding hydrogens is 256 g/mol. The van der Waals surface area contributed by atoms with Crippen molar-refractivity contribution >= 4 is 11.6 Å². The van der Waals surface area contributed by atoms with Gasteiger partial charge in [-0.05, 0) is 39.8 Å². The molecule has 0 atom stereocenters. The molecule has 3 N–H and O–H groups in total. The predicted molar refractivity (Wildman–Crippen MR) is 76.2 cm³/mol. The largest absolute Gasteiger partial charge is 0.464 e. The molecule has 0 fully saturated rings. The summed E-state index contributed by atoms with van der Waals surface area (Å²) in [6.45, 7) is 7.96. The minimum Gasteiger partial charge on any atom is -0.464 e. The SMILES string of the molecule is Cc1ccc(CN(C(=O)c2n[nH]c(C)c2N)C(C)C)o1. The van der Waals surface area contributed by atoms with Crippen molar-refractivity contribution in [3.8, 4) is 0 Å². The predicted octanol–water partition coefficient (Wildman–Crippen LogP) is 2.25. The number of rotatable bonds is 4. The number of nitrogens with one attached hydrogen (secondary N) is 1. The first-order valence-electron chi connectivity index (χ1n) is 6.57. The standard InChI is InChI=1S/C14H20N4O2/c1-8(2)18(7-11-6-5-9(3)20-11)14(19)13-12(15)10(4)16-17-13/h5-6,8H,7,15H2,1-4H3,(H,16,17). The molecule has 6 nitrogen and oxygen atoms in total. The van der Waals surface area contributed by atoms with Gasteiger partial charge < -0.3 is 15.1 Å². The lowest BCUT2D eigenvalue weighted by Crippen LogP contribution is -2.36. The summed E-state index contributed by atoms with van der Waals surface area (Å²) in [5.74, 6) is 1.37. The number of hydrogen-bond donors (Lipinski definition) is 2. The summed E-state index contributed by atoms with van der Waals surface area (Å²) in [5.41, 5.74) is 7.24. The first kappa shape index (κ1) is 14.2. The third kappa shape index (κ3) is 2.68. The number of amides is 1. The smallest absolute Gasteiger partial charge is 0.277 e. The maximum atomic E-state index is 12.6. The topological polar surface area (TPSA) is 88.2 Å². The van der Waals surface area contributed by atoms with E-state index in [0.29, 0.717) is 17.9 Å². The van der Waals surface area contributed by atoms with E-state index in [9.17, 15) is 4.79 Å². The number of carbonyl (C=O) groups is 1. The fourth-order valence-electron chi connectivity index (χ4n) is 1.96. The second-order valence-corrected chi connectivity index (χ2v) is 5.15. The van der Waals surface area contributed by atoms with Gasteiger partial charge in [0.05, 0.1) is 17.9 Å². The van der Waals surface area contributed by atoms with Gasteiger partial charge in [-0.1, -0.05) is 0 Å². The molecule has 0 aliphatic heterocycles. The van der Waals surface area contributed by atoms with Gasteiger partial charge in [0.15, 0.2) is 5.69 Å². The van der Waals surface area contributed by atoms with Crippen LogP contribution in [0, 0.1) is 13.8 Å². The van der Waals surface area contributed by atoms with E-state index < -0.39 is 0 Å². The summed E-state index contributed by atoms with van der Waals surface area (Å²) < 4.78 is 5.53. The second kappa shape index (κ2) is 5.40. The number of aromatic nitrogens is 2. The molecule has 0 unspecified atom stereocenters. The maximum Gasteiger partial charge on any atom is 0.277 e. The first-order valence-corrected chi connectivity index (χ1v) is 6.57. The van der Waals surface area contributed by atoms with Gasteiger partial charge >= 0.3 is 0 Å². The highest BCUT2D eigenvalue weighted by Crippen LogP contribution is 2.19. The van der Waals surface area contributed by atoms with Crippen molar-refractivity contribution < 1.29 is 9.21 Å². The Kier molecular flexibility index (Phi) is 3.83. The normalized spacial score (nSPS) is 11.1. The average molecular weight is 276 g/mol. The van der Waals surface area contributed by atoms with Gasteiger partial charge in [-0.3, -0.25) is 9.89 Å². The summed E-state index contributed by atoms with van der Waals surface area (Å²) >= 11 is 0. The van der Waals surface area contributed by atoms with Crippen molar-refractivity contribution in [1.82, 2.24) is 15.1 Å². The lowest BCUT2D eigenvalue weighted by atomic mass is 10.2. The highest BCUT2D eigenvalue weighted by molar-refractivity contribution is 5.97. The van der Waals surface area contributed by atoms with Crippen LogP contribution < -0.4 is 5.73 Å². The molecule has 2 aromatic rings. The Hall–Kier alpha value is -2.24. The number of carbonyl (C=O) groups excluding carboxylic acids is 1. The van der Waals surface area contributed by atoms with Crippen LogP contribution in [0.25, 0.3) is 0 Å². The molecule has 6 heteroatoms. The van der Waals surface area contributed by atoms with Crippen molar-refractivity contribution in [3.05, 3.63) is 35.0 Å². The van der Waals surface area contributed by atoms with Gasteiger partial charge in [0.2, 0.25) is 0 Å². The first-order chi connectivity index (χ1) is 9.40. The Bertz CT molecular complexity index is 612. The molecular formula is C14H20N4O2. The van der Waals surface area contributed by atoms with E-state index in [0.717, 1.165) is 11.5 Å². The summed E-state index contributed by atoms with van der Waals surface area (Å²) in [5, 5.41) is 6.73. The summed E-state index contributed by atoms with van der Waals surface area (Å²) in [6, 6.07) is 3.77. The van der Waals surface area contributed by atoms with Crippen LogP contribution in [0.4, 0.5) is 5.69 Å². The third-order valence-corrected chi connectivity index (χ3v) is 3.20. The Balaban J connectivity index is 2.24. The Morgan fingerprint density at radius 3 is 2.60 bits per heavy atom. The number of nitrogen functional groups attached to an aromatic ring is 1. The van der Waals surface area contributed by atoms with Crippen molar-refractivity contribution in [3.63, 3.8) is 0 Å². The monoisotopic (exact) mass is 276 g/mol. The minimum atomic E-state index is -0.198. The summed E-state index contributed by atoms with van der Waals surface area (Å²) in [6.07, 6.45) is 0. The van der Waals surface area contributed by atoms with Crippen LogP contribution in [0.2, 0.25) is 0 Å². The van der Waals surface area contributed by atoms with E-state index in [4.69, 9.17) is 10.2 Å². The minimum absolute atomic E-state index is 0.0179. The van der Waals surface area contributed by atoms with E-state index in [1.54, 1.807) is 11.8 Å². The Morgan fingerprint density at radius 1 is 1.45 bits per heavy atom. The molecule has 2 rings (SSSR count). The quantitative estimate of drug-likeness (QED) is 0.896. The van der Waals surface area contributed by atoms with Crippen LogP contribution in [-0.4, -0.2) is 27.0 Å². The average Bonchev–Trinajstić information content (AvgIpc) is 2.93. The molecule has 0 spiro atoms. The zero-order valence-corrected chi connectivity index (χ0v) is 12.2. The fourth-order valence-corrected chi connectivity index (χ4v) is 1.96. The molecule has 20 heavy (non-hydrogen) atoms. The van der Waals surface area contributed by atoms with E-state index in [1.807, 2.05) is 32.9 Å². The summed E-state index contributed by atoms with van der Waals surface area (Å²) in [7, 11) is 0. The van der Waals surface area contributed by atoms with Gasteiger partial charge in [-0.25, -0.2) is 0 Å². The molecule has 0 bridgehead atoms. The van der Waals surface area contributed by atoms with Crippen molar-refractivity contribution in [2.75, 3.05) is 5.73 Å². The number of H-pyrrole nitrogens is 1. The second-order valence-electron chi connectivity index (χ2n) is 5.15. The number of aromatic amines is 1. The van der Waals surface area contributed by atoms with Crippen LogP contribution in [0.5, 0.6) is 0 Å². The molecule has 0 saturated heterocycles. The lowest BCUT2D eigenvalue weighted by Gasteiger charge is -2.25. The lowest BCUT2D eigenvalue weighted by molar-refractivity contribution is 0.0670. The zero-order valence-electron chi connectivity index (χ0n) is 12.2. The molecule has 0 aliphatic rings. The maximum absolute atomic E-state index is 12.6. The van der Waals surface area contributed by atoms with E-state index in [-0.39, 0.29) is 17.6 Å². The van der Waals surface area contributed by atoms with Crippen molar-refractivity contribution in [2.24, 2.45) is 0 Å². The number of nitrogens with zero attached hydrogens (tertiary/aromatic N) is 2. The van der Waals surface area contributed by atoms with Crippen LogP contribution in [0.1, 0.15) is 41.6 Å². The molecule has 0 radical (unpaired) electrons. The van der Waals surface area contributed by atoms with Crippen LogP contribution in [0.3, 0.4) is 0 Å². The third-order valence-electron chi connectivity index (χ3n) is 3.20. The zero-order chi connectivity index (χ0) is 14.9. The summed E-state index contributed by atoms with van der Waals surface area (Å²) in [4.78, 5) is 14.2. The van der Waals surface area contributed by atoms with Gasteiger partial charge in [0.25, 0.3) is 5.91 Å². The molecule has 1 amide bonds. The van der Waals surface area contributed by atoms with Crippen LogP contribution in [-0.2, 0) is 6.54 Å². The van der Waals surface area contributed by atoms with Crippen molar-refractivity contribution in [2.45, 2.75) is 40.3 Å². The van der Waals surface area contributed by atoms with Gasteiger partial charge in [-0.2, -0.15) is 5.10 Å². The van der Waals surface area contributed by atoms with E-state index in [1.165, 1.54) is 0 Å². The highest BCUT2D eigenvalue weighted by Gasteiger charge is 2.25. The Labute approximate surface area is 117 Å². The van der Waals surface area contributed by atoms with Crippen molar-refractivity contribution in [1.29, 1.82) is 0 Å². The molecule has 2 aromatic heterocycles. The van der Waals surface area contributed by atoms with Crippen LogP contribution in [0.15, 0.2) is 16.5 Å². The molecule has 0 aliphatic carbocycles. The number of anilines is 1. The number of hydrogen-bond acceptors (Lipinski definition) is 4. The molecule has 2 heterocycles. The fraction of sp³-hybridized carbons (Fsp3) is 0.429. The highest BCUT2D eigenvalue weighted by atomic mass is 16.3. The van der Waals surface area contributed by atoms with E-state index >= 15 is 0 Å². The molecule has 0 saturated carbocycles. The van der Waals surface area contributed by atoms with Gasteiger partial charge in [-0.15, -0.1) is 0 Å². The van der Waals surface area contributed by atoms with E-state index in [2.05, 4.69) is 10.2 Å². The van der Waals surface area contributed by atoms with Gasteiger partial charge in [0, 0.05) is 6.04 Å². The molecule has 108 valence electrons. The number of aryl methyl sites for hydroxylation is 2. The van der Waals surface area contributed by atoms with Crippen LogP contribution >= 0.6 is 0 Å².